The van der Waals surface area contributed by atoms with Crippen molar-refractivity contribution in [3.63, 3.8) is 0 Å². The monoisotopic (exact) mass is 363 g/mol. The van der Waals surface area contributed by atoms with E-state index < -0.39 is 6.10 Å². The molecule has 0 radical (unpaired) electrons. The van der Waals surface area contributed by atoms with Gasteiger partial charge in [0, 0.05) is 42.3 Å². The van der Waals surface area contributed by atoms with E-state index in [1.807, 2.05) is 29.8 Å². The summed E-state index contributed by atoms with van der Waals surface area (Å²) in [6, 6.07) is 12.2. The molecule has 1 fully saturated rings. The Morgan fingerprint density at radius 3 is 2.56 bits per heavy atom. The normalized spacial score (nSPS) is 15.3. The molecule has 140 valence electrons. The first-order valence-electron chi connectivity index (χ1n) is 9.64. The average Bonchev–Trinajstić information content (AvgIpc) is 3.39. The standard InChI is InChI=1S/C21H25N5O/c1-2-17(27)15-26-21(23-20(24-26)16-9-11-22-12-10-16)18-7-3-4-8-19(18)25-13-5-6-14-25/h3-4,7-12,17,27H,2,5-6,13-15H2,1H3/t17-/m1/s1. The molecule has 1 aromatic carbocycles. The number of anilines is 1. The molecule has 1 saturated heterocycles. The zero-order valence-electron chi connectivity index (χ0n) is 15.6. The predicted octanol–water partition coefficient (Wildman–Crippen LogP) is 3.38. The van der Waals surface area contributed by atoms with Crippen molar-refractivity contribution in [1.82, 2.24) is 19.7 Å². The van der Waals surface area contributed by atoms with Crippen LogP contribution in [0.1, 0.15) is 26.2 Å². The van der Waals surface area contributed by atoms with Crippen molar-refractivity contribution in [3.05, 3.63) is 48.8 Å². The van der Waals surface area contributed by atoms with E-state index in [0.717, 1.165) is 30.0 Å². The maximum atomic E-state index is 10.2. The van der Waals surface area contributed by atoms with E-state index in [9.17, 15) is 5.11 Å². The Hall–Kier alpha value is -2.73. The molecule has 6 nitrogen and oxygen atoms in total. The highest BCUT2D eigenvalue weighted by Gasteiger charge is 2.21. The van der Waals surface area contributed by atoms with Gasteiger partial charge in [-0.25, -0.2) is 9.67 Å². The Kier molecular flexibility index (Phi) is 5.16. The molecular weight excluding hydrogens is 338 g/mol. The van der Waals surface area contributed by atoms with Gasteiger partial charge in [0.2, 0.25) is 0 Å². The van der Waals surface area contributed by atoms with Gasteiger partial charge in [-0.3, -0.25) is 4.98 Å². The van der Waals surface area contributed by atoms with Gasteiger partial charge >= 0.3 is 0 Å². The first kappa shape index (κ1) is 17.7. The van der Waals surface area contributed by atoms with Crippen molar-refractivity contribution in [2.45, 2.75) is 38.8 Å². The number of nitrogens with zero attached hydrogens (tertiary/aromatic N) is 5. The Morgan fingerprint density at radius 1 is 1.07 bits per heavy atom. The largest absolute Gasteiger partial charge is 0.391 e. The van der Waals surface area contributed by atoms with E-state index in [1.165, 1.54) is 18.5 Å². The van der Waals surface area contributed by atoms with Crippen LogP contribution in [-0.2, 0) is 6.54 Å². The molecule has 3 heterocycles. The lowest BCUT2D eigenvalue weighted by Gasteiger charge is -2.21. The van der Waals surface area contributed by atoms with Crippen molar-refractivity contribution in [2.24, 2.45) is 0 Å². The third-order valence-electron chi connectivity index (χ3n) is 5.06. The van der Waals surface area contributed by atoms with Gasteiger partial charge in [0.25, 0.3) is 0 Å². The number of aromatic nitrogens is 4. The molecular formula is C21H25N5O. The second kappa shape index (κ2) is 7.88. The lowest BCUT2D eigenvalue weighted by molar-refractivity contribution is 0.146. The van der Waals surface area contributed by atoms with E-state index in [0.29, 0.717) is 18.8 Å². The molecule has 2 aromatic heterocycles. The summed E-state index contributed by atoms with van der Waals surface area (Å²) < 4.78 is 1.85. The zero-order chi connectivity index (χ0) is 18.6. The van der Waals surface area contributed by atoms with E-state index in [1.54, 1.807) is 12.4 Å². The summed E-state index contributed by atoms with van der Waals surface area (Å²) in [5.74, 6) is 1.46. The number of pyridine rings is 1. The number of para-hydroxylation sites is 1. The molecule has 0 amide bonds. The van der Waals surface area contributed by atoms with Crippen LogP contribution in [0.25, 0.3) is 22.8 Å². The van der Waals surface area contributed by atoms with Crippen molar-refractivity contribution in [2.75, 3.05) is 18.0 Å². The van der Waals surface area contributed by atoms with Crippen molar-refractivity contribution < 1.29 is 5.11 Å². The summed E-state index contributed by atoms with van der Waals surface area (Å²) in [7, 11) is 0. The van der Waals surface area contributed by atoms with Gasteiger partial charge in [-0.2, -0.15) is 5.10 Å². The highest BCUT2D eigenvalue weighted by atomic mass is 16.3. The van der Waals surface area contributed by atoms with Crippen molar-refractivity contribution >= 4 is 5.69 Å². The Labute approximate surface area is 159 Å². The number of benzene rings is 1. The van der Waals surface area contributed by atoms with Crippen molar-refractivity contribution in [1.29, 1.82) is 0 Å². The van der Waals surface area contributed by atoms with Gasteiger partial charge in [-0.15, -0.1) is 0 Å². The van der Waals surface area contributed by atoms with Crippen LogP contribution in [0.2, 0.25) is 0 Å². The Bertz CT molecular complexity index is 887. The minimum atomic E-state index is -0.449. The van der Waals surface area contributed by atoms with Crippen LogP contribution in [0, 0.1) is 0 Å². The molecule has 0 unspecified atom stereocenters. The maximum Gasteiger partial charge on any atom is 0.181 e. The van der Waals surface area contributed by atoms with Crippen LogP contribution in [0.15, 0.2) is 48.8 Å². The van der Waals surface area contributed by atoms with Gasteiger partial charge in [-0.05, 0) is 43.5 Å². The molecule has 1 N–H and O–H groups in total. The Morgan fingerprint density at radius 2 is 1.81 bits per heavy atom. The number of hydrogen-bond acceptors (Lipinski definition) is 5. The first-order valence-corrected chi connectivity index (χ1v) is 9.64. The van der Waals surface area contributed by atoms with Crippen LogP contribution >= 0.6 is 0 Å². The number of rotatable bonds is 6. The molecule has 3 aromatic rings. The molecule has 4 rings (SSSR count). The smallest absolute Gasteiger partial charge is 0.181 e. The minimum Gasteiger partial charge on any atom is -0.391 e. The second-order valence-corrected chi connectivity index (χ2v) is 6.95. The average molecular weight is 363 g/mol. The molecule has 0 saturated carbocycles. The molecule has 1 atom stereocenters. The van der Waals surface area contributed by atoms with Crippen molar-refractivity contribution in [3.8, 4) is 22.8 Å². The summed E-state index contributed by atoms with van der Waals surface area (Å²) >= 11 is 0. The molecule has 6 heteroatoms. The summed E-state index contributed by atoms with van der Waals surface area (Å²) in [5, 5.41) is 14.9. The molecule has 1 aliphatic heterocycles. The maximum absolute atomic E-state index is 10.2. The predicted molar refractivity (Wildman–Crippen MR) is 106 cm³/mol. The third-order valence-corrected chi connectivity index (χ3v) is 5.06. The molecule has 0 spiro atoms. The lowest BCUT2D eigenvalue weighted by Crippen LogP contribution is -2.20. The van der Waals surface area contributed by atoms with E-state index >= 15 is 0 Å². The molecule has 0 aliphatic carbocycles. The van der Waals surface area contributed by atoms with Crippen LogP contribution in [-0.4, -0.2) is 44.0 Å². The van der Waals surface area contributed by atoms with Gasteiger partial charge in [0.05, 0.1) is 12.6 Å². The van der Waals surface area contributed by atoms with Crippen LogP contribution < -0.4 is 4.90 Å². The molecule has 0 bridgehead atoms. The third kappa shape index (κ3) is 3.71. The van der Waals surface area contributed by atoms with Crippen LogP contribution in [0.4, 0.5) is 5.69 Å². The quantitative estimate of drug-likeness (QED) is 0.727. The second-order valence-electron chi connectivity index (χ2n) is 6.95. The molecule has 1 aliphatic rings. The highest BCUT2D eigenvalue weighted by molar-refractivity contribution is 5.76. The summed E-state index contributed by atoms with van der Waals surface area (Å²) in [6.45, 7) is 4.54. The zero-order valence-corrected chi connectivity index (χ0v) is 15.6. The van der Waals surface area contributed by atoms with Gasteiger partial charge < -0.3 is 10.0 Å². The summed E-state index contributed by atoms with van der Waals surface area (Å²) in [5.41, 5.74) is 3.18. The summed E-state index contributed by atoms with van der Waals surface area (Å²) in [4.78, 5) is 11.3. The lowest BCUT2D eigenvalue weighted by atomic mass is 10.1. The van der Waals surface area contributed by atoms with Crippen LogP contribution in [0.5, 0.6) is 0 Å². The van der Waals surface area contributed by atoms with E-state index in [-0.39, 0.29) is 0 Å². The summed E-state index contributed by atoms with van der Waals surface area (Å²) in [6.07, 6.45) is 6.16. The fourth-order valence-electron chi connectivity index (χ4n) is 3.52. The van der Waals surface area contributed by atoms with E-state index in [2.05, 4.69) is 28.1 Å². The minimum absolute atomic E-state index is 0.429. The number of aliphatic hydroxyl groups excluding tert-OH is 1. The number of hydrogen-bond donors (Lipinski definition) is 1. The fraction of sp³-hybridized carbons (Fsp3) is 0.381. The first-order chi connectivity index (χ1) is 13.3. The molecule has 27 heavy (non-hydrogen) atoms. The van der Waals surface area contributed by atoms with Crippen LogP contribution in [0.3, 0.4) is 0 Å². The van der Waals surface area contributed by atoms with Gasteiger partial charge in [-0.1, -0.05) is 19.1 Å². The van der Waals surface area contributed by atoms with Gasteiger partial charge in [0.1, 0.15) is 0 Å². The topological polar surface area (TPSA) is 67.1 Å². The fourth-order valence-corrected chi connectivity index (χ4v) is 3.52. The highest BCUT2D eigenvalue weighted by Crippen LogP contribution is 2.33. The number of aliphatic hydroxyl groups is 1. The Balaban J connectivity index is 1.80. The van der Waals surface area contributed by atoms with Gasteiger partial charge in [0.15, 0.2) is 11.6 Å². The van der Waals surface area contributed by atoms with E-state index in [4.69, 9.17) is 10.1 Å². The SMILES string of the molecule is CC[C@@H](O)Cn1nc(-c2ccncc2)nc1-c1ccccc1N1CCCC1.